The quantitative estimate of drug-likeness (QED) is 0.879. The van der Waals surface area contributed by atoms with Crippen molar-refractivity contribution in [2.75, 3.05) is 6.54 Å². The molecule has 23 heavy (non-hydrogen) atoms. The molecule has 2 rings (SSSR count). The third-order valence-corrected chi connectivity index (χ3v) is 3.96. The van der Waals surface area contributed by atoms with Crippen LogP contribution in [0.5, 0.6) is 5.75 Å². The minimum Gasteiger partial charge on any atom is -0.488 e. The first-order valence-electron chi connectivity index (χ1n) is 7.50. The molecular formula is C18H23NO3S. The van der Waals surface area contributed by atoms with Crippen LogP contribution in [0, 0.1) is 0 Å². The fraction of sp³-hybridized carbons (Fsp3) is 0.389. The molecule has 124 valence electrons. The van der Waals surface area contributed by atoms with Crippen molar-refractivity contribution < 1.29 is 14.6 Å². The molecule has 1 amide bonds. The first-order chi connectivity index (χ1) is 10.7. The van der Waals surface area contributed by atoms with Gasteiger partial charge in [0.05, 0.1) is 6.54 Å². The van der Waals surface area contributed by atoms with Crippen molar-refractivity contribution in [3.63, 3.8) is 0 Å². The van der Waals surface area contributed by atoms with E-state index in [0.717, 1.165) is 11.3 Å². The van der Waals surface area contributed by atoms with E-state index >= 15 is 0 Å². The van der Waals surface area contributed by atoms with E-state index in [1.807, 2.05) is 37.6 Å². The van der Waals surface area contributed by atoms with E-state index in [2.05, 4.69) is 5.32 Å². The largest absolute Gasteiger partial charge is 0.488 e. The van der Waals surface area contributed by atoms with E-state index in [1.165, 1.54) is 11.3 Å². The van der Waals surface area contributed by atoms with Gasteiger partial charge in [-0.25, -0.2) is 0 Å². The first-order valence-corrected chi connectivity index (χ1v) is 8.44. The smallest absolute Gasteiger partial charge is 0.251 e. The molecular weight excluding hydrogens is 310 g/mol. The van der Waals surface area contributed by atoms with Crippen molar-refractivity contribution in [3.8, 4) is 5.75 Å². The summed E-state index contributed by atoms with van der Waals surface area (Å²) in [5.41, 5.74) is -0.0161. The molecule has 1 unspecified atom stereocenters. The molecule has 0 aliphatic carbocycles. The average Bonchev–Trinajstić information content (AvgIpc) is 2.99. The van der Waals surface area contributed by atoms with Crippen molar-refractivity contribution >= 4 is 17.2 Å². The molecule has 5 heteroatoms. The number of hydrogen-bond donors (Lipinski definition) is 2. The first kappa shape index (κ1) is 17.5. The molecule has 0 radical (unpaired) electrons. The number of carbonyl (C=O) groups excluding carboxylic acids is 1. The molecule has 0 fully saturated rings. The number of benzene rings is 1. The van der Waals surface area contributed by atoms with Crippen LogP contribution >= 0.6 is 11.3 Å². The Kier molecular flexibility index (Phi) is 5.12. The number of thiophene rings is 1. The molecule has 0 aliphatic heterocycles. The van der Waals surface area contributed by atoms with Gasteiger partial charge in [-0.2, -0.15) is 11.3 Å². The lowest BCUT2D eigenvalue weighted by Gasteiger charge is -2.23. The number of amides is 1. The van der Waals surface area contributed by atoms with Crippen molar-refractivity contribution in [3.05, 3.63) is 52.2 Å². The third kappa shape index (κ3) is 5.08. The van der Waals surface area contributed by atoms with E-state index in [1.54, 1.807) is 31.2 Å². The van der Waals surface area contributed by atoms with E-state index < -0.39 is 5.60 Å². The van der Waals surface area contributed by atoms with Crippen LogP contribution in [0.4, 0.5) is 0 Å². The van der Waals surface area contributed by atoms with Crippen LogP contribution in [-0.2, 0) is 5.60 Å². The maximum absolute atomic E-state index is 12.2. The highest BCUT2D eigenvalue weighted by atomic mass is 32.1. The fourth-order valence-corrected chi connectivity index (χ4v) is 2.84. The summed E-state index contributed by atoms with van der Waals surface area (Å²) < 4.78 is 5.73. The predicted octanol–water partition coefficient (Wildman–Crippen LogP) is 3.56. The van der Waals surface area contributed by atoms with Crippen molar-refractivity contribution in [1.29, 1.82) is 0 Å². The molecule has 1 atom stereocenters. The molecule has 0 bridgehead atoms. The fourth-order valence-electron chi connectivity index (χ4n) is 2.06. The lowest BCUT2D eigenvalue weighted by Crippen LogP contribution is -2.38. The molecule has 0 aliphatic rings. The third-order valence-electron chi connectivity index (χ3n) is 3.28. The Bertz CT molecular complexity index is 640. The number of aliphatic hydroxyl groups is 1. The van der Waals surface area contributed by atoms with Gasteiger partial charge in [0.15, 0.2) is 0 Å². The zero-order chi connectivity index (χ0) is 17.1. The van der Waals surface area contributed by atoms with E-state index in [0.29, 0.717) is 5.56 Å². The van der Waals surface area contributed by atoms with Crippen molar-refractivity contribution in [2.24, 2.45) is 0 Å². The van der Waals surface area contributed by atoms with Gasteiger partial charge >= 0.3 is 0 Å². The van der Waals surface area contributed by atoms with Crippen LogP contribution < -0.4 is 10.1 Å². The van der Waals surface area contributed by atoms with Crippen LogP contribution in [-0.4, -0.2) is 23.2 Å². The molecule has 4 nitrogen and oxygen atoms in total. The summed E-state index contributed by atoms with van der Waals surface area (Å²) in [6.45, 7) is 7.76. The minimum atomic E-state index is -1.08. The maximum Gasteiger partial charge on any atom is 0.251 e. The van der Waals surface area contributed by atoms with Crippen molar-refractivity contribution in [1.82, 2.24) is 5.32 Å². The second-order valence-corrected chi connectivity index (χ2v) is 7.49. The van der Waals surface area contributed by atoms with Crippen LogP contribution in [0.15, 0.2) is 41.1 Å². The summed E-state index contributed by atoms with van der Waals surface area (Å²) in [6.07, 6.45) is 0. The number of carbonyl (C=O) groups is 1. The van der Waals surface area contributed by atoms with Gasteiger partial charge in [0.25, 0.3) is 5.91 Å². The summed E-state index contributed by atoms with van der Waals surface area (Å²) >= 11 is 1.52. The van der Waals surface area contributed by atoms with Gasteiger partial charge < -0.3 is 15.2 Å². The van der Waals surface area contributed by atoms with E-state index in [-0.39, 0.29) is 18.1 Å². The van der Waals surface area contributed by atoms with Crippen LogP contribution in [0.1, 0.15) is 43.6 Å². The summed E-state index contributed by atoms with van der Waals surface area (Å²) in [5, 5.41) is 17.0. The Morgan fingerprint density at radius 3 is 2.35 bits per heavy atom. The summed E-state index contributed by atoms with van der Waals surface area (Å²) in [5.74, 6) is 0.502. The Morgan fingerprint density at radius 2 is 1.83 bits per heavy atom. The maximum atomic E-state index is 12.2. The highest BCUT2D eigenvalue weighted by Gasteiger charge is 2.24. The lowest BCUT2D eigenvalue weighted by atomic mass is 9.99. The van der Waals surface area contributed by atoms with Crippen LogP contribution in [0.2, 0.25) is 0 Å². The number of ether oxygens (including phenoxy) is 1. The van der Waals surface area contributed by atoms with Gasteiger partial charge in [0, 0.05) is 5.56 Å². The molecule has 1 heterocycles. The summed E-state index contributed by atoms with van der Waals surface area (Å²) in [6, 6.07) is 8.84. The summed E-state index contributed by atoms with van der Waals surface area (Å²) in [4.78, 5) is 12.2. The van der Waals surface area contributed by atoms with Gasteiger partial charge in [-0.3, -0.25) is 4.79 Å². The molecule has 1 aromatic carbocycles. The minimum absolute atomic E-state index is 0.156. The second-order valence-electron chi connectivity index (χ2n) is 6.71. The normalized spacial score (nSPS) is 14.1. The van der Waals surface area contributed by atoms with Gasteiger partial charge in [0.2, 0.25) is 0 Å². The highest BCUT2D eigenvalue weighted by molar-refractivity contribution is 7.08. The lowest BCUT2D eigenvalue weighted by molar-refractivity contribution is 0.0530. The monoisotopic (exact) mass is 333 g/mol. The van der Waals surface area contributed by atoms with E-state index in [4.69, 9.17) is 4.74 Å². The van der Waals surface area contributed by atoms with Crippen LogP contribution in [0.3, 0.4) is 0 Å². The van der Waals surface area contributed by atoms with Gasteiger partial charge in [0.1, 0.15) is 17.0 Å². The topological polar surface area (TPSA) is 58.6 Å². The number of nitrogens with one attached hydrogen (secondary N) is 1. The van der Waals surface area contributed by atoms with E-state index in [9.17, 15) is 9.90 Å². The zero-order valence-corrected chi connectivity index (χ0v) is 14.7. The second kappa shape index (κ2) is 6.72. The SMILES string of the molecule is CC(C)(C)Oc1ccc(C(=O)NCC(C)(O)c2ccsc2)cc1. The Labute approximate surface area is 141 Å². The molecule has 1 aromatic heterocycles. The number of hydrogen-bond acceptors (Lipinski definition) is 4. The zero-order valence-electron chi connectivity index (χ0n) is 13.9. The highest BCUT2D eigenvalue weighted by Crippen LogP contribution is 2.22. The Balaban J connectivity index is 1.96. The predicted molar refractivity (Wildman–Crippen MR) is 93.0 cm³/mol. The van der Waals surface area contributed by atoms with Gasteiger partial charge in [-0.05, 0) is 74.4 Å². The molecule has 2 N–H and O–H groups in total. The number of rotatable bonds is 5. The average molecular weight is 333 g/mol. The van der Waals surface area contributed by atoms with Crippen molar-refractivity contribution in [2.45, 2.75) is 38.9 Å². The molecule has 0 spiro atoms. The van der Waals surface area contributed by atoms with Gasteiger partial charge in [-0.15, -0.1) is 0 Å². The Morgan fingerprint density at radius 1 is 1.17 bits per heavy atom. The molecule has 0 saturated heterocycles. The van der Waals surface area contributed by atoms with Gasteiger partial charge in [-0.1, -0.05) is 0 Å². The standard InChI is InChI=1S/C18H23NO3S/c1-17(2,3)22-15-7-5-13(6-8-15)16(20)19-12-18(4,21)14-9-10-23-11-14/h5-11,21H,12H2,1-4H3,(H,19,20). The van der Waals surface area contributed by atoms with Crippen LogP contribution in [0.25, 0.3) is 0 Å². The Hall–Kier alpha value is -1.85. The summed E-state index contributed by atoms with van der Waals surface area (Å²) in [7, 11) is 0. The molecule has 0 saturated carbocycles. The molecule has 2 aromatic rings.